The van der Waals surface area contributed by atoms with Crippen LogP contribution in [0, 0.1) is 13.8 Å². The van der Waals surface area contributed by atoms with E-state index in [2.05, 4.69) is 25.8 Å². The number of rotatable bonds is 4. The summed E-state index contributed by atoms with van der Waals surface area (Å²) in [5.41, 5.74) is 1.31. The summed E-state index contributed by atoms with van der Waals surface area (Å²) in [5, 5.41) is 9.34. The number of hydrogen-bond donors (Lipinski definition) is 2. The molecule has 0 aliphatic heterocycles. The lowest BCUT2D eigenvalue weighted by molar-refractivity contribution is 0.0949. The molecule has 7 heteroatoms. The molecule has 0 spiro atoms. The van der Waals surface area contributed by atoms with Crippen molar-refractivity contribution in [1.82, 2.24) is 20.4 Å². The predicted octanol–water partition coefficient (Wildman–Crippen LogP) is 1.05. The molecule has 0 fully saturated rings. The number of aryl methyl sites for hydroxylation is 2. The standard InChI is InChI=1S/C12H15N5O2/c1-7-4-9(5-10(13-3)15-7)12(18)14-6-11-16-8(2)19-17-11/h4-5H,6H2,1-3H3,(H,13,15)(H,14,18). The molecule has 2 heterocycles. The molecular weight excluding hydrogens is 246 g/mol. The first-order valence-corrected chi connectivity index (χ1v) is 5.82. The van der Waals surface area contributed by atoms with Gasteiger partial charge in [0.1, 0.15) is 5.82 Å². The van der Waals surface area contributed by atoms with Gasteiger partial charge in [0, 0.05) is 25.2 Å². The second-order valence-electron chi connectivity index (χ2n) is 4.04. The van der Waals surface area contributed by atoms with E-state index in [4.69, 9.17) is 4.52 Å². The summed E-state index contributed by atoms with van der Waals surface area (Å²) in [4.78, 5) is 20.2. The van der Waals surface area contributed by atoms with Gasteiger partial charge in [-0.15, -0.1) is 0 Å². The molecule has 2 aromatic heterocycles. The molecule has 1 amide bonds. The number of carbonyl (C=O) groups is 1. The van der Waals surface area contributed by atoms with Crippen LogP contribution in [0.15, 0.2) is 16.7 Å². The maximum Gasteiger partial charge on any atom is 0.251 e. The number of nitrogens with zero attached hydrogens (tertiary/aromatic N) is 3. The maximum absolute atomic E-state index is 12.0. The summed E-state index contributed by atoms with van der Waals surface area (Å²) in [5.74, 6) is 1.37. The van der Waals surface area contributed by atoms with Crippen molar-refractivity contribution in [1.29, 1.82) is 0 Å². The Morgan fingerprint density at radius 2 is 2.11 bits per heavy atom. The number of amides is 1. The Hall–Kier alpha value is -2.44. The average Bonchev–Trinajstić information content (AvgIpc) is 2.81. The van der Waals surface area contributed by atoms with E-state index >= 15 is 0 Å². The highest BCUT2D eigenvalue weighted by atomic mass is 16.5. The van der Waals surface area contributed by atoms with Crippen molar-refractivity contribution in [2.45, 2.75) is 20.4 Å². The summed E-state index contributed by atoms with van der Waals surface area (Å²) in [6.45, 7) is 3.76. The first-order valence-electron chi connectivity index (χ1n) is 5.82. The van der Waals surface area contributed by atoms with Crippen molar-refractivity contribution < 1.29 is 9.32 Å². The van der Waals surface area contributed by atoms with Gasteiger partial charge in [0.2, 0.25) is 5.89 Å². The number of pyridine rings is 1. The van der Waals surface area contributed by atoms with Crippen LogP contribution in [0.4, 0.5) is 5.82 Å². The average molecular weight is 261 g/mol. The fourth-order valence-corrected chi connectivity index (χ4v) is 1.60. The number of anilines is 1. The highest BCUT2D eigenvalue weighted by molar-refractivity contribution is 5.94. The highest BCUT2D eigenvalue weighted by Crippen LogP contribution is 2.09. The fraction of sp³-hybridized carbons (Fsp3) is 0.333. The monoisotopic (exact) mass is 261 g/mol. The van der Waals surface area contributed by atoms with Gasteiger partial charge in [-0.2, -0.15) is 4.98 Å². The molecule has 2 rings (SSSR count). The zero-order chi connectivity index (χ0) is 13.8. The highest BCUT2D eigenvalue weighted by Gasteiger charge is 2.10. The summed E-state index contributed by atoms with van der Waals surface area (Å²) in [7, 11) is 1.76. The topological polar surface area (TPSA) is 92.9 Å². The van der Waals surface area contributed by atoms with E-state index in [1.54, 1.807) is 26.1 Å². The van der Waals surface area contributed by atoms with Crippen molar-refractivity contribution in [2.24, 2.45) is 0 Å². The lowest BCUT2D eigenvalue weighted by Gasteiger charge is -2.06. The van der Waals surface area contributed by atoms with Gasteiger partial charge < -0.3 is 15.2 Å². The third-order valence-electron chi connectivity index (χ3n) is 2.45. The number of aromatic nitrogens is 3. The lowest BCUT2D eigenvalue weighted by atomic mass is 10.2. The molecule has 2 aromatic rings. The molecule has 0 aromatic carbocycles. The van der Waals surface area contributed by atoms with E-state index in [0.29, 0.717) is 23.1 Å². The molecule has 0 unspecified atom stereocenters. The molecule has 100 valence electrons. The summed E-state index contributed by atoms with van der Waals surface area (Å²) >= 11 is 0. The smallest absolute Gasteiger partial charge is 0.251 e. The van der Waals surface area contributed by atoms with Gasteiger partial charge in [-0.3, -0.25) is 4.79 Å². The second-order valence-corrected chi connectivity index (χ2v) is 4.04. The molecule has 0 saturated carbocycles. The van der Waals surface area contributed by atoms with E-state index in [1.165, 1.54) is 0 Å². The summed E-state index contributed by atoms with van der Waals surface area (Å²) < 4.78 is 4.83. The van der Waals surface area contributed by atoms with Crippen LogP contribution in [0.1, 0.15) is 27.8 Å². The summed E-state index contributed by atoms with van der Waals surface area (Å²) in [6, 6.07) is 3.40. The minimum absolute atomic E-state index is 0.204. The first-order chi connectivity index (χ1) is 9.08. The van der Waals surface area contributed by atoms with Gasteiger partial charge in [-0.1, -0.05) is 5.16 Å². The van der Waals surface area contributed by atoms with E-state index in [1.807, 2.05) is 6.92 Å². The Balaban J connectivity index is 2.05. The first kappa shape index (κ1) is 13.0. The fourth-order valence-electron chi connectivity index (χ4n) is 1.60. The van der Waals surface area contributed by atoms with Crippen molar-refractivity contribution in [3.63, 3.8) is 0 Å². The SMILES string of the molecule is CNc1cc(C(=O)NCc2noc(C)n2)cc(C)n1. The van der Waals surface area contributed by atoms with Crippen LogP contribution in [0.25, 0.3) is 0 Å². The lowest BCUT2D eigenvalue weighted by Crippen LogP contribution is -2.23. The van der Waals surface area contributed by atoms with E-state index in [0.717, 1.165) is 5.69 Å². The van der Waals surface area contributed by atoms with Crippen LogP contribution in [0.3, 0.4) is 0 Å². The summed E-state index contributed by atoms with van der Waals surface area (Å²) in [6.07, 6.45) is 0. The molecule has 0 atom stereocenters. The van der Waals surface area contributed by atoms with Crippen molar-refractivity contribution in [2.75, 3.05) is 12.4 Å². The molecule has 7 nitrogen and oxygen atoms in total. The number of carbonyl (C=O) groups excluding carboxylic acids is 1. The van der Waals surface area contributed by atoms with Crippen LogP contribution in [-0.2, 0) is 6.54 Å². The number of nitrogens with one attached hydrogen (secondary N) is 2. The zero-order valence-electron chi connectivity index (χ0n) is 11.0. The predicted molar refractivity (Wildman–Crippen MR) is 68.7 cm³/mol. The quantitative estimate of drug-likeness (QED) is 0.854. The molecule has 0 saturated heterocycles. The van der Waals surface area contributed by atoms with Gasteiger partial charge in [0.15, 0.2) is 5.82 Å². The van der Waals surface area contributed by atoms with Crippen LogP contribution in [0.5, 0.6) is 0 Å². The maximum atomic E-state index is 12.0. The molecular formula is C12H15N5O2. The van der Waals surface area contributed by atoms with Gasteiger partial charge >= 0.3 is 0 Å². The second kappa shape index (κ2) is 5.47. The van der Waals surface area contributed by atoms with Gasteiger partial charge in [-0.05, 0) is 19.1 Å². The normalized spacial score (nSPS) is 10.3. The molecule has 19 heavy (non-hydrogen) atoms. The van der Waals surface area contributed by atoms with E-state index in [-0.39, 0.29) is 12.5 Å². The van der Waals surface area contributed by atoms with Gasteiger partial charge in [0.25, 0.3) is 5.91 Å². The Morgan fingerprint density at radius 3 is 2.74 bits per heavy atom. The van der Waals surface area contributed by atoms with Crippen molar-refractivity contribution in [3.05, 3.63) is 35.1 Å². The van der Waals surface area contributed by atoms with Gasteiger partial charge in [-0.25, -0.2) is 4.98 Å². The van der Waals surface area contributed by atoms with Crippen LogP contribution in [0.2, 0.25) is 0 Å². The Kier molecular flexibility index (Phi) is 3.74. The Labute approximate surface area is 110 Å². The zero-order valence-corrected chi connectivity index (χ0v) is 11.0. The van der Waals surface area contributed by atoms with Crippen LogP contribution in [-0.4, -0.2) is 28.1 Å². The van der Waals surface area contributed by atoms with Crippen LogP contribution >= 0.6 is 0 Å². The van der Waals surface area contributed by atoms with E-state index < -0.39 is 0 Å². The third kappa shape index (κ3) is 3.27. The van der Waals surface area contributed by atoms with E-state index in [9.17, 15) is 4.79 Å². The minimum atomic E-state index is -0.204. The largest absolute Gasteiger partial charge is 0.373 e. The minimum Gasteiger partial charge on any atom is -0.373 e. The molecule has 0 aliphatic rings. The number of hydrogen-bond acceptors (Lipinski definition) is 6. The van der Waals surface area contributed by atoms with Crippen LogP contribution < -0.4 is 10.6 Å². The van der Waals surface area contributed by atoms with Gasteiger partial charge in [0.05, 0.1) is 6.54 Å². The molecule has 0 aliphatic carbocycles. The Bertz CT molecular complexity index is 594. The molecule has 0 bridgehead atoms. The Morgan fingerprint density at radius 1 is 1.32 bits per heavy atom. The van der Waals surface area contributed by atoms with Crippen molar-refractivity contribution in [3.8, 4) is 0 Å². The molecule has 0 radical (unpaired) electrons. The third-order valence-corrected chi connectivity index (χ3v) is 2.45. The van der Waals surface area contributed by atoms with Crippen molar-refractivity contribution >= 4 is 11.7 Å². The molecule has 2 N–H and O–H groups in total.